The largest absolute Gasteiger partial charge is 0.480 e. The van der Waals surface area contributed by atoms with Crippen LogP contribution in [0, 0.1) is 0 Å². The second-order valence-electron chi connectivity index (χ2n) is 5.39. The van der Waals surface area contributed by atoms with Crippen LogP contribution in [0.1, 0.15) is 19.8 Å². The van der Waals surface area contributed by atoms with E-state index >= 15 is 0 Å². The summed E-state index contributed by atoms with van der Waals surface area (Å²) in [5, 5.41) is 9.11. The SMILES string of the molecule is C[C@H](Oc1ccccc1Br)C(=O)N(CC(=O)O)C1CCOCC1. The molecule has 0 bridgehead atoms. The molecular formula is C16H20BrNO5. The summed E-state index contributed by atoms with van der Waals surface area (Å²) in [6, 6.07) is 7.11. The smallest absolute Gasteiger partial charge is 0.323 e. The van der Waals surface area contributed by atoms with Crippen molar-refractivity contribution in [2.24, 2.45) is 0 Å². The zero-order valence-corrected chi connectivity index (χ0v) is 14.5. The van der Waals surface area contributed by atoms with Gasteiger partial charge in [0.1, 0.15) is 12.3 Å². The molecule has 6 nitrogen and oxygen atoms in total. The van der Waals surface area contributed by atoms with Crippen LogP contribution >= 0.6 is 15.9 Å². The summed E-state index contributed by atoms with van der Waals surface area (Å²) in [5.74, 6) is -0.802. The molecule has 1 aromatic rings. The van der Waals surface area contributed by atoms with Crippen molar-refractivity contribution in [1.82, 2.24) is 4.90 Å². The molecule has 1 heterocycles. The van der Waals surface area contributed by atoms with E-state index in [4.69, 9.17) is 14.6 Å². The number of para-hydroxylation sites is 1. The maximum atomic E-state index is 12.7. The maximum Gasteiger partial charge on any atom is 0.323 e. The van der Waals surface area contributed by atoms with Crippen molar-refractivity contribution in [3.63, 3.8) is 0 Å². The van der Waals surface area contributed by atoms with Gasteiger partial charge in [-0.15, -0.1) is 0 Å². The number of benzene rings is 1. The molecule has 1 saturated heterocycles. The van der Waals surface area contributed by atoms with Crippen molar-refractivity contribution >= 4 is 27.8 Å². The molecule has 1 aromatic carbocycles. The summed E-state index contributed by atoms with van der Waals surface area (Å²) in [4.78, 5) is 25.2. The van der Waals surface area contributed by atoms with Gasteiger partial charge in [-0.2, -0.15) is 0 Å². The Morgan fingerprint density at radius 3 is 2.65 bits per heavy atom. The molecule has 0 aromatic heterocycles. The van der Waals surface area contributed by atoms with Gasteiger partial charge in [0.05, 0.1) is 4.47 Å². The average molecular weight is 386 g/mol. The number of amides is 1. The molecule has 7 heteroatoms. The predicted octanol–water partition coefficient (Wildman–Crippen LogP) is 2.31. The minimum Gasteiger partial charge on any atom is -0.480 e. The third-order valence-electron chi connectivity index (χ3n) is 3.71. The average Bonchev–Trinajstić information content (AvgIpc) is 2.54. The van der Waals surface area contributed by atoms with Crippen LogP contribution in [0.4, 0.5) is 0 Å². The fraction of sp³-hybridized carbons (Fsp3) is 0.500. The van der Waals surface area contributed by atoms with E-state index in [1.165, 1.54) is 4.90 Å². The Labute approximate surface area is 143 Å². The van der Waals surface area contributed by atoms with Gasteiger partial charge in [0.2, 0.25) is 0 Å². The van der Waals surface area contributed by atoms with Gasteiger partial charge in [-0.3, -0.25) is 9.59 Å². The van der Waals surface area contributed by atoms with E-state index in [1.807, 2.05) is 18.2 Å². The summed E-state index contributed by atoms with van der Waals surface area (Å²) in [6.45, 7) is 2.38. The van der Waals surface area contributed by atoms with E-state index in [1.54, 1.807) is 13.0 Å². The number of nitrogens with zero attached hydrogens (tertiary/aromatic N) is 1. The van der Waals surface area contributed by atoms with Crippen molar-refractivity contribution in [3.8, 4) is 5.75 Å². The van der Waals surface area contributed by atoms with Gasteiger partial charge in [0.25, 0.3) is 5.91 Å². The minimum absolute atomic E-state index is 0.127. The topological polar surface area (TPSA) is 76.1 Å². The Kier molecular flexibility index (Phi) is 6.41. The number of carbonyl (C=O) groups excluding carboxylic acids is 1. The van der Waals surface area contributed by atoms with Crippen LogP contribution in [0.2, 0.25) is 0 Å². The number of halogens is 1. The van der Waals surface area contributed by atoms with Gasteiger partial charge in [-0.1, -0.05) is 12.1 Å². The number of carbonyl (C=O) groups is 2. The standard InChI is InChI=1S/C16H20BrNO5/c1-11(23-14-5-3-2-4-13(14)17)16(21)18(10-15(19)20)12-6-8-22-9-7-12/h2-5,11-12H,6-10H2,1H3,(H,19,20)/t11-/m0/s1. The lowest BCUT2D eigenvalue weighted by molar-refractivity contribution is -0.151. The molecule has 1 aliphatic heterocycles. The molecule has 0 saturated carbocycles. The Balaban J connectivity index is 2.08. The fourth-order valence-corrected chi connectivity index (χ4v) is 2.92. The van der Waals surface area contributed by atoms with E-state index in [0.717, 1.165) is 4.47 Å². The molecule has 1 amide bonds. The molecule has 0 aliphatic carbocycles. The van der Waals surface area contributed by atoms with E-state index in [2.05, 4.69) is 15.9 Å². The number of rotatable bonds is 6. The monoisotopic (exact) mass is 385 g/mol. The molecule has 1 aliphatic rings. The number of ether oxygens (including phenoxy) is 2. The molecule has 1 N–H and O–H groups in total. The van der Waals surface area contributed by atoms with Crippen molar-refractivity contribution in [1.29, 1.82) is 0 Å². The Hall–Kier alpha value is -1.60. The van der Waals surface area contributed by atoms with Gasteiger partial charge in [0.15, 0.2) is 6.10 Å². The highest BCUT2D eigenvalue weighted by Crippen LogP contribution is 2.25. The quantitative estimate of drug-likeness (QED) is 0.812. The third-order valence-corrected chi connectivity index (χ3v) is 4.36. The number of aliphatic carboxylic acids is 1. The van der Waals surface area contributed by atoms with Gasteiger partial charge < -0.3 is 19.5 Å². The molecule has 0 radical (unpaired) electrons. The highest BCUT2D eigenvalue weighted by atomic mass is 79.9. The summed E-state index contributed by atoms with van der Waals surface area (Å²) in [5.41, 5.74) is 0. The van der Waals surface area contributed by atoms with Crippen molar-refractivity contribution in [2.75, 3.05) is 19.8 Å². The lowest BCUT2D eigenvalue weighted by Crippen LogP contribution is -2.50. The van der Waals surface area contributed by atoms with E-state index in [-0.39, 0.29) is 18.5 Å². The van der Waals surface area contributed by atoms with Crippen molar-refractivity contribution < 1.29 is 24.2 Å². The predicted molar refractivity (Wildman–Crippen MR) is 87.4 cm³/mol. The summed E-state index contributed by atoms with van der Waals surface area (Å²) < 4.78 is 11.7. The number of carboxylic acids is 1. The molecular weight excluding hydrogens is 366 g/mol. The summed E-state index contributed by atoms with van der Waals surface area (Å²) >= 11 is 3.37. The second kappa shape index (κ2) is 8.31. The third kappa shape index (κ3) is 4.94. The summed E-state index contributed by atoms with van der Waals surface area (Å²) in [6.07, 6.45) is 0.512. The zero-order chi connectivity index (χ0) is 16.8. The van der Waals surface area contributed by atoms with E-state index in [9.17, 15) is 9.59 Å². The second-order valence-corrected chi connectivity index (χ2v) is 6.25. The first kappa shape index (κ1) is 17.7. The molecule has 23 heavy (non-hydrogen) atoms. The zero-order valence-electron chi connectivity index (χ0n) is 12.9. The van der Waals surface area contributed by atoms with E-state index in [0.29, 0.717) is 31.8 Å². The Morgan fingerprint density at radius 2 is 2.04 bits per heavy atom. The van der Waals surface area contributed by atoms with Crippen LogP contribution in [0.5, 0.6) is 5.75 Å². The molecule has 0 unspecified atom stereocenters. The summed E-state index contributed by atoms with van der Waals surface area (Å²) in [7, 11) is 0. The van der Waals surface area contributed by atoms with Crippen LogP contribution in [-0.4, -0.2) is 53.8 Å². The van der Waals surface area contributed by atoms with Crippen LogP contribution in [0.3, 0.4) is 0 Å². The molecule has 0 spiro atoms. The first-order valence-corrected chi connectivity index (χ1v) is 8.29. The van der Waals surface area contributed by atoms with Crippen LogP contribution < -0.4 is 4.74 Å². The van der Waals surface area contributed by atoms with Gasteiger partial charge in [0, 0.05) is 19.3 Å². The van der Waals surface area contributed by atoms with Gasteiger partial charge >= 0.3 is 5.97 Å². The number of carboxylic acid groups (broad SMARTS) is 1. The first-order chi connectivity index (χ1) is 11.0. The van der Waals surface area contributed by atoms with Crippen molar-refractivity contribution in [2.45, 2.75) is 31.9 Å². The Morgan fingerprint density at radius 1 is 1.39 bits per heavy atom. The van der Waals surface area contributed by atoms with E-state index < -0.39 is 12.1 Å². The highest BCUT2D eigenvalue weighted by Gasteiger charge is 2.31. The van der Waals surface area contributed by atoms with Crippen molar-refractivity contribution in [3.05, 3.63) is 28.7 Å². The minimum atomic E-state index is -1.03. The number of hydrogen-bond acceptors (Lipinski definition) is 4. The number of hydrogen-bond donors (Lipinski definition) is 1. The Bertz CT molecular complexity index is 559. The van der Waals surface area contributed by atoms with Gasteiger partial charge in [-0.05, 0) is 47.8 Å². The lowest BCUT2D eigenvalue weighted by atomic mass is 10.1. The molecule has 1 atom stereocenters. The molecule has 1 fully saturated rings. The van der Waals surface area contributed by atoms with Gasteiger partial charge in [-0.25, -0.2) is 0 Å². The maximum absolute atomic E-state index is 12.7. The molecule has 2 rings (SSSR count). The fourth-order valence-electron chi connectivity index (χ4n) is 2.54. The van der Waals surface area contributed by atoms with Crippen LogP contribution in [-0.2, 0) is 14.3 Å². The van der Waals surface area contributed by atoms with Crippen LogP contribution in [0.15, 0.2) is 28.7 Å². The highest BCUT2D eigenvalue weighted by molar-refractivity contribution is 9.10. The van der Waals surface area contributed by atoms with Crippen LogP contribution in [0.25, 0.3) is 0 Å². The normalized spacial score (nSPS) is 16.6. The molecule has 126 valence electrons. The lowest BCUT2D eigenvalue weighted by Gasteiger charge is -2.34. The first-order valence-electron chi connectivity index (χ1n) is 7.50.